The van der Waals surface area contributed by atoms with Crippen LogP contribution in [-0.2, 0) is 17.9 Å². The molecule has 0 spiro atoms. The highest BCUT2D eigenvalue weighted by Gasteiger charge is 2.25. The standard InChI is InChI=1S/C14H19N3O2.ClH/c1-9-5-12(6-15-9)19-14-4-3-11-7-17(10(2)18)8-13(11)16-14;/h3-4,9,12,15H,5-8H2,1-2H3;1H/t9-,12+;/m0./s1. The van der Waals surface area contributed by atoms with Crippen LogP contribution >= 0.6 is 12.4 Å². The average molecular weight is 298 g/mol. The van der Waals surface area contributed by atoms with E-state index in [1.807, 2.05) is 12.1 Å². The number of amides is 1. The maximum Gasteiger partial charge on any atom is 0.220 e. The van der Waals surface area contributed by atoms with Crippen LogP contribution < -0.4 is 10.1 Å². The van der Waals surface area contributed by atoms with Crippen molar-refractivity contribution < 1.29 is 9.53 Å². The van der Waals surface area contributed by atoms with Gasteiger partial charge in [-0.1, -0.05) is 0 Å². The number of carbonyl (C=O) groups excluding carboxylic acids is 1. The van der Waals surface area contributed by atoms with E-state index >= 15 is 0 Å². The van der Waals surface area contributed by atoms with Crippen LogP contribution in [0.2, 0.25) is 0 Å². The number of hydrogen-bond donors (Lipinski definition) is 1. The van der Waals surface area contributed by atoms with Crippen LogP contribution in [0.25, 0.3) is 0 Å². The van der Waals surface area contributed by atoms with E-state index in [1.54, 1.807) is 11.8 Å². The summed E-state index contributed by atoms with van der Waals surface area (Å²) in [7, 11) is 0. The predicted octanol–water partition coefficient (Wildman–Crippen LogP) is 1.49. The van der Waals surface area contributed by atoms with Crippen LogP contribution in [0, 0.1) is 0 Å². The first-order valence-electron chi connectivity index (χ1n) is 6.76. The van der Waals surface area contributed by atoms with Gasteiger partial charge in [0.25, 0.3) is 0 Å². The third-order valence-electron chi connectivity index (χ3n) is 3.79. The zero-order valence-electron chi connectivity index (χ0n) is 11.8. The summed E-state index contributed by atoms with van der Waals surface area (Å²) in [5.41, 5.74) is 2.09. The Kier molecular flexibility index (Phi) is 4.50. The third kappa shape index (κ3) is 3.04. The van der Waals surface area contributed by atoms with Gasteiger partial charge in [0.1, 0.15) is 6.10 Å². The summed E-state index contributed by atoms with van der Waals surface area (Å²) in [4.78, 5) is 17.7. The molecule has 1 saturated heterocycles. The number of pyridine rings is 1. The van der Waals surface area contributed by atoms with Crippen LogP contribution in [0.5, 0.6) is 5.88 Å². The molecule has 3 heterocycles. The monoisotopic (exact) mass is 297 g/mol. The molecule has 1 aromatic heterocycles. The fourth-order valence-electron chi connectivity index (χ4n) is 2.68. The molecule has 1 amide bonds. The van der Waals surface area contributed by atoms with Crippen molar-refractivity contribution in [3.63, 3.8) is 0 Å². The van der Waals surface area contributed by atoms with Crippen molar-refractivity contribution in [2.45, 2.75) is 45.5 Å². The van der Waals surface area contributed by atoms with Crippen LogP contribution in [0.1, 0.15) is 31.5 Å². The van der Waals surface area contributed by atoms with Gasteiger partial charge in [0.2, 0.25) is 11.8 Å². The molecule has 1 aromatic rings. The van der Waals surface area contributed by atoms with E-state index in [-0.39, 0.29) is 24.4 Å². The Hall–Kier alpha value is -1.33. The SMILES string of the molecule is CC(=O)N1Cc2ccc(O[C@H]3CN[C@@H](C)C3)nc2C1.Cl. The van der Waals surface area contributed by atoms with E-state index in [9.17, 15) is 4.79 Å². The summed E-state index contributed by atoms with van der Waals surface area (Å²) >= 11 is 0. The van der Waals surface area contributed by atoms with Gasteiger partial charge in [-0.2, -0.15) is 0 Å². The molecule has 6 heteroatoms. The third-order valence-corrected chi connectivity index (χ3v) is 3.79. The van der Waals surface area contributed by atoms with Crippen molar-refractivity contribution in [3.05, 3.63) is 23.4 Å². The van der Waals surface area contributed by atoms with E-state index in [0.29, 0.717) is 25.0 Å². The second-order valence-corrected chi connectivity index (χ2v) is 5.42. The van der Waals surface area contributed by atoms with Crippen molar-refractivity contribution in [3.8, 4) is 5.88 Å². The first-order chi connectivity index (χ1) is 9.11. The molecule has 110 valence electrons. The summed E-state index contributed by atoms with van der Waals surface area (Å²) in [6.45, 7) is 5.89. The molecular weight excluding hydrogens is 278 g/mol. The molecule has 5 nitrogen and oxygen atoms in total. The lowest BCUT2D eigenvalue weighted by Gasteiger charge is -2.12. The molecule has 1 N–H and O–H groups in total. The van der Waals surface area contributed by atoms with Gasteiger partial charge in [0.15, 0.2) is 0 Å². The summed E-state index contributed by atoms with van der Waals surface area (Å²) in [5.74, 6) is 0.763. The summed E-state index contributed by atoms with van der Waals surface area (Å²) in [6, 6.07) is 4.44. The lowest BCUT2D eigenvalue weighted by Crippen LogP contribution is -2.22. The van der Waals surface area contributed by atoms with Gasteiger partial charge >= 0.3 is 0 Å². The molecule has 2 aliphatic rings. The second-order valence-electron chi connectivity index (χ2n) is 5.42. The highest BCUT2D eigenvalue weighted by Crippen LogP contribution is 2.24. The number of nitrogens with zero attached hydrogens (tertiary/aromatic N) is 2. The van der Waals surface area contributed by atoms with Crippen molar-refractivity contribution in [1.82, 2.24) is 15.2 Å². The minimum Gasteiger partial charge on any atom is -0.473 e. The number of aromatic nitrogens is 1. The van der Waals surface area contributed by atoms with Crippen molar-refractivity contribution in [2.24, 2.45) is 0 Å². The number of carbonyl (C=O) groups is 1. The molecule has 2 aliphatic heterocycles. The Morgan fingerprint density at radius 2 is 2.25 bits per heavy atom. The zero-order valence-corrected chi connectivity index (χ0v) is 12.6. The molecule has 0 aliphatic carbocycles. The van der Waals surface area contributed by atoms with Crippen LogP contribution in [-0.4, -0.2) is 34.5 Å². The summed E-state index contributed by atoms with van der Waals surface area (Å²) in [5, 5.41) is 3.36. The first-order valence-corrected chi connectivity index (χ1v) is 6.76. The number of nitrogens with one attached hydrogen (secondary N) is 1. The minimum absolute atomic E-state index is 0. The molecule has 0 saturated carbocycles. The fraction of sp³-hybridized carbons (Fsp3) is 0.571. The number of rotatable bonds is 2. The number of fused-ring (bicyclic) bond motifs is 1. The maximum absolute atomic E-state index is 11.4. The Balaban J connectivity index is 0.00000147. The molecule has 3 rings (SSSR count). The van der Waals surface area contributed by atoms with Crippen LogP contribution in [0.4, 0.5) is 0 Å². The van der Waals surface area contributed by atoms with E-state index < -0.39 is 0 Å². The lowest BCUT2D eigenvalue weighted by atomic mass is 10.2. The predicted molar refractivity (Wildman–Crippen MR) is 77.9 cm³/mol. The molecule has 0 radical (unpaired) electrons. The fourth-order valence-corrected chi connectivity index (χ4v) is 2.68. The smallest absolute Gasteiger partial charge is 0.220 e. The van der Waals surface area contributed by atoms with Crippen molar-refractivity contribution in [2.75, 3.05) is 6.54 Å². The van der Waals surface area contributed by atoms with Gasteiger partial charge in [-0.3, -0.25) is 4.79 Å². The van der Waals surface area contributed by atoms with E-state index in [0.717, 1.165) is 24.2 Å². The molecular formula is C14H20ClN3O2. The summed E-state index contributed by atoms with van der Waals surface area (Å²) < 4.78 is 5.89. The normalized spacial score (nSPS) is 24.2. The van der Waals surface area contributed by atoms with Gasteiger partial charge < -0.3 is 15.0 Å². The highest BCUT2D eigenvalue weighted by atomic mass is 35.5. The lowest BCUT2D eigenvalue weighted by molar-refractivity contribution is -0.129. The molecule has 0 bridgehead atoms. The number of hydrogen-bond acceptors (Lipinski definition) is 4. The van der Waals surface area contributed by atoms with Gasteiger partial charge in [0, 0.05) is 38.5 Å². The molecule has 0 unspecified atom stereocenters. The van der Waals surface area contributed by atoms with Gasteiger partial charge in [0.05, 0.1) is 12.2 Å². The van der Waals surface area contributed by atoms with Gasteiger partial charge in [-0.15, -0.1) is 12.4 Å². The first kappa shape index (κ1) is 15.1. The van der Waals surface area contributed by atoms with E-state index in [2.05, 4.69) is 17.2 Å². The van der Waals surface area contributed by atoms with Gasteiger partial charge in [-0.05, 0) is 18.6 Å². The number of ether oxygens (including phenoxy) is 1. The molecule has 0 aromatic carbocycles. The van der Waals surface area contributed by atoms with Gasteiger partial charge in [-0.25, -0.2) is 4.98 Å². The molecule has 20 heavy (non-hydrogen) atoms. The molecule has 1 fully saturated rings. The van der Waals surface area contributed by atoms with Crippen LogP contribution in [0.15, 0.2) is 12.1 Å². The average Bonchev–Trinajstić information content (AvgIpc) is 2.95. The van der Waals surface area contributed by atoms with Crippen molar-refractivity contribution in [1.29, 1.82) is 0 Å². The summed E-state index contributed by atoms with van der Waals surface area (Å²) in [6.07, 6.45) is 1.21. The second kappa shape index (κ2) is 5.97. The molecule has 2 atom stereocenters. The zero-order chi connectivity index (χ0) is 13.4. The van der Waals surface area contributed by atoms with E-state index in [4.69, 9.17) is 4.74 Å². The van der Waals surface area contributed by atoms with Crippen LogP contribution in [0.3, 0.4) is 0 Å². The quantitative estimate of drug-likeness (QED) is 0.899. The topological polar surface area (TPSA) is 54.5 Å². The maximum atomic E-state index is 11.4. The Labute approximate surface area is 125 Å². The Morgan fingerprint density at radius 3 is 2.90 bits per heavy atom. The van der Waals surface area contributed by atoms with Crippen molar-refractivity contribution >= 4 is 18.3 Å². The largest absolute Gasteiger partial charge is 0.473 e. The highest BCUT2D eigenvalue weighted by molar-refractivity contribution is 5.85. The number of halogens is 1. The van der Waals surface area contributed by atoms with E-state index in [1.165, 1.54) is 0 Å². The Morgan fingerprint density at radius 1 is 1.45 bits per heavy atom. The minimum atomic E-state index is 0. The Bertz CT molecular complexity index is 509.